The van der Waals surface area contributed by atoms with E-state index in [0.29, 0.717) is 0 Å². The molecule has 1 rings (SSSR count). The van der Waals surface area contributed by atoms with Crippen LogP contribution in [-0.4, -0.2) is 37.7 Å². The number of primary sulfonamides is 1. The van der Waals surface area contributed by atoms with Crippen LogP contribution in [0.1, 0.15) is 12.8 Å². The molecular weight excluding hydrogens is 280 g/mol. The van der Waals surface area contributed by atoms with Crippen LogP contribution < -0.4 is 11.0 Å². The first-order valence-electron chi connectivity index (χ1n) is 4.07. The first-order chi connectivity index (χ1) is 7.47. The van der Waals surface area contributed by atoms with E-state index in [-0.39, 0.29) is 12.8 Å². The number of rotatable bonds is 3. The summed E-state index contributed by atoms with van der Waals surface area (Å²) in [4.78, 5) is 10.2. The van der Waals surface area contributed by atoms with Crippen molar-refractivity contribution in [1.29, 1.82) is 0 Å². The predicted octanol–water partition coefficient (Wildman–Crippen LogP) is -2.18. The van der Waals surface area contributed by atoms with E-state index in [1.54, 1.807) is 0 Å². The highest BCUT2D eigenvalue weighted by molar-refractivity contribution is 7.89. The number of nitrogens with two attached hydrogens (primary N) is 2. The molecule has 1 fully saturated rings. The van der Waals surface area contributed by atoms with Crippen LogP contribution >= 0.6 is 0 Å². The highest BCUT2D eigenvalue weighted by Crippen LogP contribution is 2.31. The lowest BCUT2D eigenvalue weighted by atomic mass is 9.85. The van der Waals surface area contributed by atoms with E-state index in [2.05, 4.69) is 10.2 Å². The zero-order valence-corrected chi connectivity index (χ0v) is 10.0. The lowest BCUT2D eigenvalue weighted by molar-refractivity contribution is -0.144. The summed E-state index contributed by atoms with van der Waals surface area (Å²) in [5.41, 5.74) is 0. The van der Waals surface area contributed by atoms with Crippen LogP contribution in [0.4, 0.5) is 0 Å². The molecular formula is C5H12N2O8S2. The van der Waals surface area contributed by atoms with Gasteiger partial charge in [0.1, 0.15) is 0 Å². The van der Waals surface area contributed by atoms with E-state index in [1.165, 1.54) is 0 Å². The minimum atomic E-state index is -4.38. The van der Waals surface area contributed by atoms with E-state index in [0.717, 1.165) is 0 Å². The van der Waals surface area contributed by atoms with Crippen LogP contribution in [0.2, 0.25) is 0 Å². The molecule has 102 valence electrons. The predicted molar refractivity (Wildman–Crippen MR) is 54.1 cm³/mol. The van der Waals surface area contributed by atoms with Crippen molar-refractivity contribution >= 4 is 26.4 Å². The zero-order valence-electron chi connectivity index (χ0n) is 8.38. The fourth-order valence-corrected chi connectivity index (χ4v) is 2.04. The third kappa shape index (κ3) is 6.50. The van der Waals surface area contributed by atoms with Gasteiger partial charge >= 0.3 is 16.4 Å². The molecule has 0 aromatic carbocycles. The Kier molecular flexibility index (Phi) is 5.44. The molecule has 0 unspecified atom stereocenters. The monoisotopic (exact) mass is 292 g/mol. The molecule has 0 atom stereocenters. The smallest absolute Gasteiger partial charge is 0.413 e. The van der Waals surface area contributed by atoms with Gasteiger partial charge in [0, 0.05) is 0 Å². The summed E-state index contributed by atoms with van der Waals surface area (Å²) in [5, 5.41) is 12.5. The first-order valence-corrected chi connectivity index (χ1v) is 7.05. The number of aliphatic carboxylic acids is 1. The number of carbonyl (C=O) groups is 1. The van der Waals surface area contributed by atoms with Crippen molar-refractivity contribution in [2.24, 2.45) is 17.0 Å². The molecule has 0 amide bonds. The average Bonchev–Trinajstić information content (AvgIpc) is 1.97. The summed E-state index contributed by atoms with van der Waals surface area (Å²) in [6, 6.07) is 0. The van der Waals surface area contributed by atoms with Crippen molar-refractivity contribution < 1.29 is 35.6 Å². The quantitative estimate of drug-likeness (QED) is 0.331. The summed E-state index contributed by atoms with van der Waals surface area (Å²) in [6.07, 6.45) is 0.322. The third-order valence-electron chi connectivity index (χ3n) is 2.03. The summed E-state index contributed by atoms with van der Waals surface area (Å²) in [5.74, 6) is 2.51. The first kappa shape index (κ1) is 16.2. The minimum absolute atomic E-state index is 0.161. The standard InChI is InChI=1S/C5H9NO4S.H3NO4S/c6-11(9,10)4-1-3(2-4)5(7)8;1-5-6(2,3)4/h3-4H,1-2H2,(H,7,8)(H2,6,9,10);1H2,(H,2,3,4). The second kappa shape index (κ2) is 5.70. The third-order valence-corrected chi connectivity index (χ3v) is 3.59. The van der Waals surface area contributed by atoms with Gasteiger partial charge in [0.2, 0.25) is 10.0 Å². The van der Waals surface area contributed by atoms with Gasteiger partial charge in [-0.1, -0.05) is 0 Å². The molecule has 0 aliphatic heterocycles. The molecule has 1 aliphatic carbocycles. The molecule has 0 radical (unpaired) electrons. The Balaban J connectivity index is 0.000000366. The Labute approximate surface area is 97.5 Å². The molecule has 1 aliphatic rings. The van der Waals surface area contributed by atoms with Gasteiger partial charge < -0.3 is 5.11 Å². The van der Waals surface area contributed by atoms with Crippen LogP contribution in [0.5, 0.6) is 0 Å². The molecule has 17 heavy (non-hydrogen) atoms. The molecule has 0 heterocycles. The van der Waals surface area contributed by atoms with Crippen LogP contribution in [0.3, 0.4) is 0 Å². The van der Waals surface area contributed by atoms with Crippen molar-refractivity contribution in [3.8, 4) is 0 Å². The summed E-state index contributed by atoms with van der Waals surface area (Å²) in [7, 11) is -7.88. The second-order valence-electron chi connectivity index (χ2n) is 3.24. The van der Waals surface area contributed by atoms with Crippen molar-refractivity contribution in [1.82, 2.24) is 0 Å². The highest BCUT2D eigenvalue weighted by Gasteiger charge is 2.40. The maximum absolute atomic E-state index is 10.6. The largest absolute Gasteiger partial charge is 0.481 e. The number of hydrogen-bond acceptors (Lipinski definition) is 7. The molecule has 6 N–H and O–H groups in total. The fraction of sp³-hybridized carbons (Fsp3) is 0.800. The Hall–Kier alpha value is -0.790. The molecule has 10 nitrogen and oxygen atoms in total. The van der Waals surface area contributed by atoms with E-state index in [9.17, 15) is 21.6 Å². The van der Waals surface area contributed by atoms with Gasteiger partial charge in [0.15, 0.2) is 0 Å². The molecule has 1 saturated carbocycles. The van der Waals surface area contributed by atoms with Crippen molar-refractivity contribution in [2.45, 2.75) is 18.1 Å². The molecule has 0 spiro atoms. The van der Waals surface area contributed by atoms with Crippen molar-refractivity contribution in [2.75, 3.05) is 0 Å². The summed E-state index contributed by atoms with van der Waals surface area (Å²) < 4.78 is 50.0. The van der Waals surface area contributed by atoms with Crippen molar-refractivity contribution in [3.05, 3.63) is 0 Å². The molecule has 0 saturated heterocycles. The van der Waals surface area contributed by atoms with E-state index in [4.69, 9.17) is 14.8 Å². The second-order valence-corrected chi connectivity index (χ2v) is 6.13. The number of sulfonamides is 1. The Bertz CT molecular complexity index is 462. The molecule has 0 aromatic rings. The molecule has 0 bridgehead atoms. The maximum Gasteiger partial charge on any atom is 0.413 e. The number of carboxylic acids is 1. The van der Waals surface area contributed by atoms with Gasteiger partial charge in [-0.15, -0.1) is 0 Å². The van der Waals surface area contributed by atoms with Gasteiger partial charge in [-0.05, 0) is 12.8 Å². The fourth-order valence-electron chi connectivity index (χ4n) is 1.04. The van der Waals surface area contributed by atoms with Crippen LogP contribution in [0, 0.1) is 5.92 Å². The van der Waals surface area contributed by atoms with Gasteiger partial charge in [-0.2, -0.15) is 18.6 Å². The summed E-state index contributed by atoms with van der Waals surface area (Å²) >= 11 is 0. The normalized spacial score (nSPS) is 24.2. The number of carboxylic acid groups (broad SMARTS) is 1. The number of hydrogen-bond donors (Lipinski definition) is 4. The van der Waals surface area contributed by atoms with Gasteiger partial charge in [-0.25, -0.2) is 13.6 Å². The van der Waals surface area contributed by atoms with Crippen LogP contribution in [-0.2, 0) is 29.5 Å². The van der Waals surface area contributed by atoms with E-state index < -0.39 is 37.6 Å². The van der Waals surface area contributed by atoms with E-state index in [1.807, 2.05) is 0 Å². The Morgan fingerprint density at radius 3 is 1.76 bits per heavy atom. The lowest BCUT2D eigenvalue weighted by Gasteiger charge is -2.29. The van der Waals surface area contributed by atoms with Crippen molar-refractivity contribution in [3.63, 3.8) is 0 Å². The lowest BCUT2D eigenvalue weighted by Crippen LogP contribution is -2.42. The van der Waals surface area contributed by atoms with Gasteiger partial charge in [0.25, 0.3) is 0 Å². The van der Waals surface area contributed by atoms with Gasteiger partial charge in [0.05, 0.1) is 11.2 Å². The SMILES string of the molecule is NOS(=O)(=O)O.NS(=O)(=O)C1CC(C(=O)O)C1. The van der Waals surface area contributed by atoms with Crippen LogP contribution in [0.15, 0.2) is 0 Å². The minimum Gasteiger partial charge on any atom is -0.481 e. The summed E-state index contributed by atoms with van der Waals surface area (Å²) in [6.45, 7) is 0. The van der Waals surface area contributed by atoms with Gasteiger partial charge in [-0.3, -0.25) is 9.35 Å². The zero-order chi connectivity index (χ0) is 13.9. The Morgan fingerprint density at radius 1 is 1.24 bits per heavy atom. The topological polar surface area (TPSA) is 187 Å². The molecule has 12 heteroatoms. The molecule has 0 aromatic heterocycles. The van der Waals surface area contributed by atoms with E-state index >= 15 is 0 Å². The average molecular weight is 292 g/mol. The Morgan fingerprint density at radius 2 is 1.59 bits per heavy atom. The maximum atomic E-state index is 10.6. The van der Waals surface area contributed by atoms with Crippen LogP contribution in [0.25, 0.3) is 0 Å². The highest BCUT2D eigenvalue weighted by atomic mass is 32.3.